The van der Waals surface area contributed by atoms with Crippen LogP contribution in [0.2, 0.25) is 5.02 Å². The van der Waals surface area contributed by atoms with Gasteiger partial charge in [0.2, 0.25) is 0 Å². The smallest absolute Gasteiger partial charge is 0.257 e. The summed E-state index contributed by atoms with van der Waals surface area (Å²) in [5, 5.41) is 2.98. The summed E-state index contributed by atoms with van der Waals surface area (Å²) in [6, 6.07) is 8.89. The highest BCUT2D eigenvalue weighted by molar-refractivity contribution is 7.80. The fraction of sp³-hybridized carbons (Fsp3) is 0.0667. The molecular formula is C15H12ClFN2OS. The van der Waals surface area contributed by atoms with Crippen molar-refractivity contribution in [2.45, 2.75) is 6.92 Å². The molecule has 0 aliphatic heterocycles. The largest absolute Gasteiger partial charge is 0.389 e. The second-order valence-electron chi connectivity index (χ2n) is 4.49. The van der Waals surface area contributed by atoms with Crippen molar-refractivity contribution in [2.24, 2.45) is 5.73 Å². The second-order valence-corrected chi connectivity index (χ2v) is 5.34. The molecule has 0 saturated heterocycles. The SMILES string of the molecule is Cc1ccc(C(=O)Nc2ccc(F)cc2C(N)=S)c(Cl)c1. The van der Waals surface area contributed by atoms with Crippen molar-refractivity contribution < 1.29 is 9.18 Å². The van der Waals surface area contributed by atoms with E-state index in [1.54, 1.807) is 18.2 Å². The van der Waals surface area contributed by atoms with E-state index in [-0.39, 0.29) is 10.6 Å². The minimum atomic E-state index is -0.482. The monoisotopic (exact) mass is 322 g/mol. The van der Waals surface area contributed by atoms with Gasteiger partial charge in [0.25, 0.3) is 5.91 Å². The number of rotatable bonds is 3. The summed E-state index contributed by atoms with van der Waals surface area (Å²) in [6.45, 7) is 1.87. The number of anilines is 1. The van der Waals surface area contributed by atoms with Crippen molar-refractivity contribution >= 4 is 40.4 Å². The van der Waals surface area contributed by atoms with Crippen molar-refractivity contribution in [1.29, 1.82) is 0 Å². The number of nitrogens with one attached hydrogen (secondary N) is 1. The number of carbonyl (C=O) groups excluding carboxylic acids is 1. The third kappa shape index (κ3) is 3.56. The molecule has 0 radical (unpaired) electrons. The average Bonchev–Trinajstić information content (AvgIpc) is 2.40. The van der Waals surface area contributed by atoms with Crippen LogP contribution in [0.1, 0.15) is 21.5 Å². The van der Waals surface area contributed by atoms with Crippen LogP contribution in [0.25, 0.3) is 0 Å². The van der Waals surface area contributed by atoms with Crippen molar-refractivity contribution in [2.75, 3.05) is 5.32 Å². The molecule has 0 heterocycles. The molecule has 21 heavy (non-hydrogen) atoms. The molecule has 1 amide bonds. The van der Waals surface area contributed by atoms with E-state index in [4.69, 9.17) is 29.6 Å². The number of thiocarbonyl (C=S) groups is 1. The first-order chi connectivity index (χ1) is 9.88. The summed E-state index contributed by atoms with van der Waals surface area (Å²) in [5.74, 6) is -0.895. The maximum atomic E-state index is 13.2. The standard InChI is InChI=1S/C15H12ClFN2OS/c1-8-2-4-10(12(16)6-8)15(20)19-13-5-3-9(17)7-11(13)14(18)21/h2-7H,1H3,(H2,18,21)(H,19,20). The summed E-state index contributed by atoms with van der Waals surface area (Å²) in [5.41, 5.74) is 7.41. The van der Waals surface area contributed by atoms with E-state index < -0.39 is 11.7 Å². The normalized spacial score (nSPS) is 10.2. The van der Waals surface area contributed by atoms with Crippen molar-refractivity contribution in [3.8, 4) is 0 Å². The van der Waals surface area contributed by atoms with Gasteiger partial charge in [-0.05, 0) is 42.8 Å². The van der Waals surface area contributed by atoms with Gasteiger partial charge in [-0.2, -0.15) is 0 Å². The molecule has 0 spiro atoms. The molecule has 0 fully saturated rings. The van der Waals surface area contributed by atoms with Crippen LogP contribution in [0.5, 0.6) is 0 Å². The van der Waals surface area contributed by atoms with Gasteiger partial charge in [0.15, 0.2) is 0 Å². The van der Waals surface area contributed by atoms with E-state index in [0.29, 0.717) is 16.3 Å². The molecule has 0 aliphatic rings. The Morgan fingerprint density at radius 2 is 1.95 bits per heavy atom. The van der Waals surface area contributed by atoms with E-state index in [0.717, 1.165) is 5.56 Å². The highest BCUT2D eigenvalue weighted by atomic mass is 35.5. The lowest BCUT2D eigenvalue weighted by molar-refractivity contribution is 0.102. The lowest BCUT2D eigenvalue weighted by atomic mass is 10.1. The van der Waals surface area contributed by atoms with E-state index >= 15 is 0 Å². The number of hydrogen-bond acceptors (Lipinski definition) is 2. The Balaban J connectivity index is 2.34. The number of aryl methyl sites for hydroxylation is 1. The van der Waals surface area contributed by atoms with Crippen LogP contribution >= 0.6 is 23.8 Å². The molecule has 2 aromatic carbocycles. The molecule has 0 atom stereocenters. The molecule has 2 rings (SSSR count). The van der Waals surface area contributed by atoms with Crippen LogP contribution in [-0.4, -0.2) is 10.9 Å². The van der Waals surface area contributed by atoms with E-state index in [2.05, 4.69) is 5.32 Å². The van der Waals surface area contributed by atoms with Crippen LogP contribution in [0.4, 0.5) is 10.1 Å². The Morgan fingerprint density at radius 1 is 1.24 bits per heavy atom. The predicted molar refractivity (Wildman–Crippen MR) is 86.4 cm³/mol. The summed E-state index contributed by atoms with van der Waals surface area (Å²) in [6.07, 6.45) is 0. The summed E-state index contributed by atoms with van der Waals surface area (Å²) < 4.78 is 13.2. The number of halogens is 2. The first-order valence-electron chi connectivity index (χ1n) is 6.05. The number of hydrogen-bond donors (Lipinski definition) is 2. The number of carbonyl (C=O) groups is 1. The molecular weight excluding hydrogens is 311 g/mol. The Hall–Kier alpha value is -1.98. The van der Waals surface area contributed by atoms with E-state index in [1.165, 1.54) is 18.2 Å². The molecule has 3 nitrogen and oxygen atoms in total. The molecule has 3 N–H and O–H groups in total. The van der Waals surface area contributed by atoms with Gasteiger partial charge in [-0.15, -0.1) is 0 Å². The number of nitrogens with two attached hydrogens (primary N) is 1. The Bertz CT molecular complexity index is 734. The summed E-state index contributed by atoms with van der Waals surface area (Å²) in [4.78, 5) is 12.2. The lowest BCUT2D eigenvalue weighted by Gasteiger charge is -2.11. The summed E-state index contributed by atoms with van der Waals surface area (Å²) >= 11 is 10.9. The predicted octanol–water partition coefficient (Wildman–Crippen LogP) is 3.67. The first kappa shape index (κ1) is 15.4. The Morgan fingerprint density at radius 3 is 2.57 bits per heavy atom. The van der Waals surface area contributed by atoms with Crippen LogP contribution in [0.3, 0.4) is 0 Å². The van der Waals surface area contributed by atoms with Crippen molar-refractivity contribution in [1.82, 2.24) is 0 Å². The van der Waals surface area contributed by atoms with E-state index in [1.807, 2.05) is 6.92 Å². The fourth-order valence-corrected chi connectivity index (χ4v) is 2.31. The second kappa shape index (κ2) is 6.20. The topological polar surface area (TPSA) is 55.1 Å². The Labute approximate surface area is 131 Å². The minimum absolute atomic E-state index is 0.000182. The van der Waals surface area contributed by atoms with Crippen LogP contribution in [0, 0.1) is 12.7 Å². The van der Waals surface area contributed by atoms with Gasteiger partial charge in [-0.1, -0.05) is 29.9 Å². The molecule has 108 valence electrons. The van der Waals surface area contributed by atoms with Crippen LogP contribution < -0.4 is 11.1 Å². The van der Waals surface area contributed by atoms with Crippen molar-refractivity contribution in [3.63, 3.8) is 0 Å². The van der Waals surface area contributed by atoms with Gasteiger partial charge in [-0.3, -0.25) is 4.79 Å². The number of amides is 1. The molecule has 0 bridgehead atoms. The molecule has 0 saturated carbocycles. The van der Waals surface area contributed by atoms with Gasteiger partial charge < -0.3 is 11.1 Å². The number of benzene rings is 2. The highest BCUT2D eigenvalue weighted by Crippen LogP contribution is 2.21. The third-order valence-corrected chi connectivity index (χ3v) is 3.40. The molecule has 0 aromatic heterocycles. The van der Waals surface area contributed by atoms with Gasteiger partial charge in [0.05, 0.1) is 16.3 Å². The van der Waals surface area contributed by atoms with Crippen LogP contribution in [-0.2, 0) is 0 Å². The third-order valence-electron chi connectivity index (χ3n) is 2.86. The first-order valence-corrected chi connectivity index (χ1v) is 6.84. The maximum absolute atomic E-state index is 13.2. The zero-order valence-electron chi connectivity index (χ0n) is 11.1. The zero-order valence-corrected chi connectivity index (χ0v) is 12.7. The van der Waals surface area contributed by atoms with Crippen LogP contribution in [0.15, 0.2) is 36.4 Å². The molecule has 6 heteroatoms. The maximum Gasteiger partial charge on any atom is 0.257 e. The minimum Gasteiger partial charge on any atom is -0.389 e. The van der Waals surface area contributed by atoms with Gasteiger partial charge in [0.1, 0.15) is 10.8 Å². The fourth-order valence-electron chi connectivity index (χ4n) is 1.82. The van der Waals surface area contributed by atoms with Gasteiger partial charge in [0, 0.05) is 5.56 Å². The molecule has 0 unspecified atom stereocenters. The highest BCUT2D eigenvalue weighted by Gasteiger charge is 2.14. The molecule has 2 aromatic rings. The summed E-state index contributed by atoms with van der Waals surface area (Å²) in [7, 11) is 0. The quantitative estimate of drug-likeness (QED) is 0.848. The van der Waals surface area contributed by atoms with Gasteiger partial charge >= 0.3 is 0 Å². The van der Waals surface area contributed by atoms with Gasteiger partial charge in [-0.25, -0.2) is 4.39 Å². The van der Waals surface area contributed by atoms with Crippen molar-refractivity contribution in [3.05, 3.63) is 63.9 Å². The zero-order chi connectivity index (χ0) is 15.6. The molecule has 0 aliphatic carbocycles. The Kier molecular flexibility index (Phi) is 4.55. The lowest BCUT2D eigenvalue weighted by Crippen LogP contribution is -2.18. The van der Waals surface area contributed by atoms with E-state index in [9.17, 15) is 9.18 Å². The average molecular weight is 323 g/mol.